The highest BCUT2D eigenvalue weighted by molar-refractivity contribution is 7.47. The second-order valence-corrected chi connectivity index (χ2v) is 31.1. The summed E-state index contributed by atoms with van der Waals surface area (Å²) >= 11 is 0. The Morgan fingerprint density at radius 1 is 0.266 bits per heavy atom. The lowest BCUT2D eigenvalue weighted by atomic mass is 10.0. The lowest BCUT2D eigenvalue weighted by Gasteiger charge is -2.21. The topological polar surface area (TPSA) is 231 Å². The molecule has 0 amide bonds. The summed E-state index contributed by atoms with van der Waals surface area (Å²) < 4.78 is 61.3. The van der Waals surface area contributed by atoms with E-state index in [-0.39, 0.29) is 19.3 Å². The van der Waals surface area contributed by atoms with Crippen LogP contribution in [0.15, 0.2) is 158 Å². The summed E-state index contributed by atoms with van der Waals surface area (Å²) in [6, 6.07) is 0. The van der Waals surface area contributed by atoms with Crippen LogP contribution >= 0.6 is 15.6 Å². The molecule has 16 nitrogen and oxygen atoms in total. The van der Waals surface area contributed by atoms with Gasteiger partial charge in [-0.1, -0.05) is 333 Å². The van der Waals surface area contributed by atoms with E-state index in [0.29, 0.717) is 19.3 Å². The van der Waals surface area contributed by atoms with E-state index in [9.17, 15) is 43.5 Å². The Kier molecular flexibility index (Phi) is 79.0. The molecule has 0 fully saturated rings. The highest BCUT2D eigenvalue weighted by Crippen LogP contribution is 2.45. The number of phosphoric acid groups is 2. The minimum atomic E-state index is -4.94. The normalized spacial score (nSPS) is 14.7. The van der Waals surface area contributed by atoms with E-state index in [1.165, 1.54) is 103 Å². The molecular formula is C91H154O16P2. The quantitative estimate of drug-likeness (QED) is 0.0146. The van der Waals surface area contributed by atoms with Crippen LogP contribution < -0.4 is 0 Å². The standard InChI is InChI=1S/C91H154O16P2/c1-4-7-10-13-16-19-22-25-28-31-34-35-36-37-38-39-40-41-42-43-44-45-46-47-48-49-52-54-56-59-62-65-68-71-74-77-89(94)101-80-86(92)81-103-108(97,98)104-82-87(93)83-105-109(99,100)106-85-88(107-91(96)79-76-73-70-67-64-61-58-55-51-33-30-27-24-21-18-15-12-9-6-3)84-102-90(95)78-75-72-69-66-63-60-57-53-50-32-29-26-23-20-17-14-11-8-5-2/h7-8,10-11,16-21,25-30,34-35,37-38,40-41,50-51,53,55,86-88,92-93H,4-6,9,12-15,22-24,31-33,36,39,42-49,52,54,56-85H2,1-3H3,(H,97,98)(H,99,100)/b10-7-,11-8-,19-16-,20-17-,21-18-,28-25-,29-26-,30-27-,35-34-,38-37-,41-40-,53-50-,55-51-. The van der Waals surface area contributed by atoms with Gasteiger partial charge in [-0.2, -0.15) is 0 Å². The lowest BCUT2D eigenvalue weighted by molar-refractivity contribution is -0.161. The van der Waals surface area contributed by atoms with Gasteiger partial charge < -0.3 is 34.2 Å². The molecule has 0 aromatic heterocycles. The van der Waals surface area contributed by atoms with E-state index in [1.54, 1.807) is 0 Å². The van der Waals surface area contributed by atoms with Crippen molar-refractivity contribution in [3.05, 3.63) is 158 Å². The zero-order chi connectivity index (χ0) is 79.4. The number of unbranched alkanes of at least 4 members (excludes halogenated alkanes) is 31. The van der Waals surface area contributed by atoms with Gasteiger partial charge in [0.25, 0.3) is 0 Å². The number of carbonyl (C=O) groups excluding carboxylic acids is 3. The molecular weight excluding hydrogens is 1410 g/mol. The minimum absolute atomic E-state index is 0.0833. The molecule has 0 aliphatic carbocycles. The summed E-state index contributed by atoms with van der Waals surface area (Å²) in [4.78, 5) is 58.8. The first-order chi connectivity index (χ1) is 53.2. The molecule has 0 saturated carbocycles. The molecule has 109 heavy (non-hydrogen) atoms. The number of hydrogen-bond acceptors (Lipinski definition) is 14. The Labute approximate surface area is 663 Å². The van der Waals surface area contributed by atoms with Gasteiger partial charge in [0.2, 0.25) is 0 Å². The van der Waals surface area contributed by atoms with E-state index < -0.39 is 91.5 Å². The van der Waals surface area contributed by atoms with Crippen LogP contribution in [-0.2, 0) is 55.8 Å². The number of allylic oxidation sites excluding steroid dienone is 26. The Bertz CT molecular complexity index is 2610. The van der Waals surface area contributed by atoms with Crippen LogP contribution in [0.25, 0.3) is 0 Å². The van der Waals surface area contributed by atoms with Gasteiger partial charge in [0, 0.05) is 19.3 Å². The van der Waals surface area contributed by atoms with Gasteiger partial charge in [-0.25, -0.2) is 9.13 Å². The third-order valence-electron chi connectivity index (χ3n) is 17.7. The number of aliphatic hydroxyl groups excluding tert-OH is 2. The minimum Gasteiger partial charge on any atom is -0.463 e. The van der Waals surface area contributed by atoms with Crippen molar-refractivity contribution in [1.82, 2.24) is 0 Å². The molecule has 5 unspecified atom stereocenters. The SMILES string of the molecule is CC/C=C\C/C=C\C/C=C\C/C=C\C/C=C\C/C=C\CCCCCCCCCCCCCCCCCCC(=O)OCC(O)COP(=O)(O)OCC(O)COP(=O)(O)OCC(COC(=O)CCCCCCCC/C=C\C/C=C\C/C=C\C/C=C\CC)OC(=O)CCCCCCCC/C=C\C/C=C\C/C=C\CCCCC. The van der Waals surface area contributed by atoms with Crippen LogP contribution in [0.5, 0.6) is 0 Å². The molecule has 0 spiro atoms. The molecule has 0 saturated heterocycles. The number of esters is 3. The van der Waals surface area contributed by atoms with Crippen LogP contribution in [-0.4, -0.2) is 95.9 Å². The molecule has 5 atom stereocenters. The molecule has 0 radical (unpaired) electrons. The number of carbonyl (C=O) groups is 3. The molecule has 0 aliphatic rings. The van der Waals surface area contributed by atoms with Gasteiger partial charge in [0.05, 0.1) is 26.4 Å². The van der Waals surface area contributed by atoms with Crippen molar-refractivity contribution in [2.75, 3.05) is 39.6 Å². The molecule has 4 N–H and O–H groups in total. The summed E-state index contributed by atoms with van der Waals surface area (Å²) in [6.45, 7) is 2.42. The van der Waals surface area contributed by atoms with Crippen LogP contribution in [0.1, 0.15) is 342 Å². The molecule has 0 aromatic carbocycles. The predicted molar refractivity (Wildman–Crippen MR) is 454 cm³/mol. The second kappa shape index (κ2) is 82.6. The Balaban J connectivity index is 4.49. The first kappa shape index (κ1) is 104. The summed E-state index contributed by atoms with van der Waals surface area (Å²) in [5, 5.41) is 20.7. The number of aliphatic hydroxyl groups is 2. The molecule has 0 aromatic rings. The first-order valence-electron chi connectivity index (χ1n) is 42.8. The van der Waals surface area contributed by atoms with Crippen molar-refractivity contribution in [1.29, 1.82) is 0 Å². The maximum Gasteiger partial charge on any atom is 0.472 e. The number of hydrogen-bond donors (Lipinski definition) is 4. The van der Waals surface area contributed by atoms with Gasteiger partial charge in [0.15, 0.2) is 6.10 Å². The third-order valence-corrected chi connectivity index (χ3v) is 19.6. The molecule has 0 heterocycles. The Hall–Kier alpha value is -4.83. The zero-order valence-corrected chi connectivity index (χ0v) is 70.2. The van der Waals surface area contributed by atoms with Crippen LogP contribution in [0.4, 0.5) is 0 Å². The van der Waals surface area contributed by atoms with E-state index in [2.05, 4.69) is 179 Å². The average molecular weight is 1570 g/mol. The average Bonchev–Trinajstić information content (AvgIpc) is 0.900. The second-order valence-electron chi connectivity index (χ2n) is 28.2. The van der Waals surface area contributed by atoms with E-state index >= 15 is 0 Å². The Morgan fingerprint density at radius 3 is 0.771 bits per heavy atom. The van der Waals surface area contributed by atoms with Gasteiger partial charge in [-0.15, -0.1) is 0 Å². The fraction of sp³-hybridized carbons (Fsp3) is 0.681. The van der Waals surface area contributed by atoms with Crippen molar-refractivity contribution in [3.8, 4) is 0 Å². The monoisotopic (exact) mass is 1570 g/mol. The van der Waals surface area contributed by atoms with Crippen LogP contribution in [0, 0.1) is 0 Å². The van der Waals surface area contributed by atoms with Gasteiger partial charge in [-0.3, -0.25) is 32.5 Å². The van der Waals surface area contributed by atoms with Gasteiger partial charge in [-0.05, 0) is 148 Å². The Morgan fingerprint density at radius 2 is 0.486 bits per heavy atom. The molecule has 624 valence electrons. The van der Waals surface area contributed by atoms with Crippen LogP contribution in [0.3, 0.4) is 0 Å². The van der Waals surface area contributed by atoms with E-state index in [1.807, 2.05) is 0 Å². The number of phosphoric ester groups is 2. The predicted octanol–water partition coefficient (Wildman–Crippen LogP) is 25.8. The van der Waals surface area contributed by atoms with E-state index in [0.717, 1.165) is 180 Å². The van der Waals surface area contributed by atoms with Crippen molar-refractivity contribution in [2.45, 2.75) is 360 Å². The smallest absolute Gasteiger partial charge is 0.463 e. The van der Waals surface area contributed by atoms with Gasteiger partial charge in [0.1, 0.15) is 25.4 Å². The first-order valence-corrected chi connectivity index (χ1v) is 45.8. The molecule has 0 aliphatic heterocycles. The van der Waals surface area contributed by atoms with Crippen molar-refractivity contribution in [3.63, 3.8) is 0 Å². The van der Waals surface area contributed by atoms with E-state index in [4.69, 9.17) is 32.3 Å². The fourth-order valence-electron chi connectivity index (χ4n) is 11.3. The lowest BCUT2D eigenvalue weighted by Crippen LogP contribution is -2.30. The maximum atomic E-state index is 13.0. The molecule has 0 bridgehead atoms. The zero-order valence-electron chi connectivity index (χ0n) is 68.4. The number of ether oxygens (including phenoxy) is 3. The van der Waals surface area contributed by atoms with Crippen molar-refractivity contribution in [2.24, 2.45) is 0 Å². The maximum absolute atomic E-state index is 13.0. The molecule has 18 heteroatoms. The van der Waals surface area contributed by atoms with Crippen molar-refractivity contribution >= 4 is 33.6 Å². The highest BCUT2D eigenvalue weighted by atomic mass is 31.2. The van der Waals surface area contributed by atoms with Crippen LogP contribution in [0.2, 0.25) is 0 Å². The summed E-state index contributed by atoms with van der Waals surface area (Å²) in [6.07, 6.45) is 104. The summed E-state index contributed by atoms with van der Waals surface area (Å²) in [7, 11) is -9.81. The summed E-state index contributed by atoms with van der Waals surface area (Å²) in [5.41, 5.74) is 0. The number of rotatable bonds is 80. The summed E-state index contributed by atoms with van der Waals surface area (Å²) in [5.74, 6) is -1.60. The third kappa shape index (κ3) is 83.9. The fourth-order valence-corrected chi connectivity index (χ4v) is 12.9. The van der Waals surface area contributed by atoms with Crippen molar-refractivity contribution < 1.29 is 75.8 Å². The largest absolute Gasteiger partial charge is 0.472 e. The van der Waals surface area contributed by atoms with Gasteiger partial charge >= 0.3 is 33.6 Å². The molecule has 0 rings (SSSR count). The highest BCUT2D eigenvalue weighted by Gasteiger charge is 2.29.